The third-order valence-electron chi connectivity index (χ3n) is 3.75. The third kappa shape index (κ3) is 4.11. The number of benzene rings is 1. The van der Waals surface area contributed by atoms with Crippen LogP contribution in [0.1, 0.15) is 30.9 Å². The molecule has 0 radical (unpaired) electrons. The zero-order valence-electron chi connectivity index (χ0n) is 12.6. The maximum absolute atomic E-state index is 8.82. The van der Waals surface area contributed by atoms with Crippen LogP contribution < -0.4 is 15.0 Å². The van der Waals surface area contributed by atoms with Gasteiger partial charge in [0.2, 0.25) is 0 Å². The summed E-state index contributed by atoms with van der Waals surface area (Å²) in [7, 11) is 3.78. The summed E-state index contributed by atoms with van der Waals surface area (Å²) < 4.78 is 6.57. The van der Waals surface area contributed by atoms with Gasteiger partial charge in [-0.1, -0.05) is 0 Å². The molecule has 0 saturated heterocycles. The number of fused-ring (bicyclic) bond motifs is 1. The Labute approximate surface area is 140 Å². The molecule has 2 N–H and O–H groups in total. The summed E-state index contributed by atoms with van der Waals surface area (Å²) in [5.74, 6) is 0.888. The zero-order valence-corrected chi connectivity index (χ0v) is 14.8. The molecule has 1 aliphatic rings. The summed E-state index contributed by atoms with van der Waals surface area (Å²) in [4.78, 5) is 2.19. The normalized spacial score (nSPS) is 17.4. The predicted octanol–water partition coefficient (Wildman–Crippen LogP) is 3.21. The fraction of sp³-hybridized carbons (Fsp3) is 0.500. The number of halogens is 1. The number of aliphatic hydroxyl groups excluding tert-OH is 1. The number of hydrogen-bond donors (Lipinski definition) is 2. The molecule has 0 saturated carbocycles. The Hall–Kier alpha value is -0.790. The Balaban J connectivity index is 2.10. The van der Waals surface area contributed by atoms with E-state index in [2.05, 4.69) is 58.1 Å². The van der Waals surface area contributed by atoms with E-state index in [0.717, 1.165) is 31.6 Å². The standard InChI is InChI=1S/C16H23IN2O2/c1-19-15-7-6-12(21-2)10-13(15)14(11-16(19)17)18-8-4-3-5-9-20/h6-7,10-11,14,18,20H,3-5,8-9H2,1-2H3. The highest BCUT2D eigenvalue weighted by Gasteiger charge is 2.23. The van der Waals surface area contributed by atoms with Crippen molar-refractivity contribution < 1.29 is 9.84 Å². The van der Waals surface area contributed by atoms with Crippen molar-refractivity contribution in [2.75, 3.05) is 32.2 Å². The van der Waals surface area contributed by atoms with Crippen LogP contribution in [-0.4, -0.2) is 32.4 Å². The van der Waals surface area contributed by atoms with Gasteiger partial charge in [0.15, 0.2) is 0 Å². The monoisotopic (exact) mass is 402 g/mol. The second-order valence-corrected chi connectivity index (χ2v) is 6.29. The quantitative estimate of drug-likeness (QED) is 0.418. The third-order valence-corrected chi connectivity index (χ3v) is 4.84. The number of ether oxygens (including phenoxy) is 1. The van der Waals surface area contributed by atoms with Crippen molar-refractivity contribution in [2.24, 2.45) is 0 Å². The fourth-order valence-electron chi connectivity index (χ4n) is 2.51. The summed E-state index contributed by atoms with van der Waals surface area (Å²) >= 11 is 2.37. The molecule has 1 aliphatic heterocycles. The first kappa shape index (κ1) is 16.6. The van der Waals surface area contributed by atoms with Crippen LogP contribution in [0.15, 0.2) is 28.0 Å². The van der Waals surface area contributed by atoms with Gasteiger partial charge in [-0.2, -0.15) is 0 Å². The maximum atomic E-state index is 8.82. The van der Waals surface area contributed by atoms with E-state index in [1.807, 2.05) is 6.07 Å². The van der Waals surface area contributed by atoms with Crippen LogP contribution in [0.5, 0.6) is 5.75 Å². The topological polar surface area (TPSA) is 44.7 Å². The summed E-state index contributed by atoms with van der Waals surface area (Å²) in [6.07, 6.45) is 5.26. The second-order valence-electron chi connectivity index (χ2n) is 5.19. The molecule has 0 aromatic heterocycles. The summed E-state index contributed by atoms with van der Waals surface area (Å²) in [5.41, 5.74) is 2.47. The van der Waals surface area contributed by atoms with Crippen molar-refractivity contribution in [1.29, 1.82) is 0 Å². The Kier molecular flexibility index (Phi) is 6.32. The highest BCUT2D eigenvalue weighted by Crippen LogP contribution is 2.38. The number of aliphatic hydroxyl groups is 1. The van der Waals surface area contributed by atoms with Gasteiger partial charge in [-0.05, 0) is 72.7 Å². The molecule has 0 spiro atoms. The van der Waals surface area contributed by atoms with Crippen LogP contribution in [-0.2, 0) is 0 Å². The molecule has 5 heteroatoms. The molecule has 1 atom stereocenters. The average Bonchev–Trinajstić information content (AvgIpc) is 2.51. The van der Waals surface area contributed by atoms with Crippen LogP contribution in [0, 0.1) is 0 Å². The van der Waals surface area contributed by atoms with E-state index in [-0.39, 0.29) is 12.6 Å². The van der Waals surface area contributed by atoms with Gasteiger partial charge in [-0.15, -0.1) is 0 Å². The largest absolute Gasteiger partial charge is 0.497 e. The summed E-state index contributed by atoms with van der Waals surface area (Å²) in [6, 6.07) is 6.44. The molecule has 0 bridgehead atoms. The Morgan fingerprint density at radius 3 is 2.86 bits per heavy atom. The van der Waals surface area contributed by atoms with Gasteiger partial charge in [-0.25, -0.2) is 0 Å². The van der Waals surface area contributed by atoms with Gasteiger partial charge in [0, 0.05) is 24.9 Å². The molecular weight excluding hydrogens is 379 g/mol. The summed E-state index contributed by atoms with van der Waals surface area (Å²) in [6.45, 7) is 1.23. The van der Waals surface area contributed by atoms with Crippen molar-refractivity contribution in [1.82, 2.24) is 5.32 Å². The number of methoxy groups -OCH3 is 1. The molecule has 116 valence electrons. The van der Waals surface area contributed by atoms with Gasteiger partial charge in [0.05, 0.1) is 16.9 Å². The molecule has 4 nitrogen and oxygen atoms in total. The lowest BCUT2D eigenvalue weighted by molar-refractivity contribution is 0.282. The van der Waals surface area contributed by atoms with Crippen molar-refractivity contribution in [3.8, 4) is 5.75 Å². The van der Waals surface area contributed by atoms with E-state index in [4.69, 9.17) is 9.84 Å². The first-order chi connectivity index (χ1) is 10.2. The number of rotatable bonds is 7. The highest BCUT2D eigenvalue weighted by molar-refractivity contribution is 14.1. The minimum Gasteiger partial charge on any atom is -0.497 e. The molecular formula is C16H23IN2O2. The number of unbranched alkanes of at least 4 members (excludes halogenated alkanes) is 2. The Morgan fingerprint density at radius 2 is 2.14 bits per heavy atom. The first-order valence-electron chi connectivity index (χ1n) is 7.30. The molecule has 1 aromatic rings. The molecule has 1 aromatic carbocycles. The van der Waals surface area contributed by atoms with Crippen molar-refractivity contribution in [3.63, 3.8) is 0 Å². The summed E-state index contributed by atoms with van der Waals surface area (Å²) in [5, 5.41) is 12.4. The van der Waals surface area contributed by atoms with Crippen LogP contribution in [0.4, 0.5) is 5.69 Å². The number of anilines is 1. The number of hydrogen-bond acceptors (Lipinski definition) is 4. The van der Waals surface area contributed by atoms with E-state index in [0.29, 0.717) is 0 Å². The number of nitrogens with zero attached hydrogens (tertiary/aromatic N) is 1. The van der Waals surface area contributed by atoms with Gasteiger partial charge < -0.3 is 20.1 Å². The van der Waals surface area contributed by atoms with Gasteiger partial charge in [0.1, 0.15) is 5.75 Å². The van der Waals surface area contributed by atoms with Gasteiger partial charge >= 0.3 is 0 Å². The molecule has 1 heterocycles. The van der Waals surface area contributed by atoms with Crippen LogP contribution in [0.25, 0.3) is 0 Å². The minimum absolute atomic E-state index is 0.215. The Bertz CT molecular complexity index is 505. The SMILES string of the molecule is COc1ccc2c(c1)C(NCCCCCO)C=C(I)N2C. The van der Waals surface area contributed by atoms with Crippen LogP contribution in [0.2, 0.25) is 0 Å². The lowest BCUT2D eigenvalue weighted by atomic mass is 10.0. The van der Waals surface area contributed by atoms with Crippen molar-refractivity contribution in [3.05, 3.63) is 33.5 Å². The van der Waals surface area contributed by atoms with Crippen molar-refractivity contribution >= 4 is 28.3 Å². The van der Waals surface area contributed by atoms with E-state index in [1.54, 1.807) is 7.11 Å². The van der Waals surface area contributed by atoms with Crippen LogP contribution in [0.3, 0.4) is 0 Å². The average molecular weight is 402 g/mol. The zero-order chi connectivity index (χ0) is 15.2. The van der Waals surface area contributed by atoms with E-state index < -0.39 is 0 Å². The van der Waals surface area contributed by atoms with E-state index >= 15 is 0 Å². The molecule has 1 unspecified atom stereocenters. The first-order valence-corrected chi connectivity index (χ1v) is 8.38. The molecule has 0 fully saturated rings. The van der Waals surface area contributed by atoms with Crippen molar-refractivity contribution in [2.45, 2.75) is 25.3 Å². The lowest BCUT2D eigenvalue weighted by Crippen LogP contribution is -2.28. The Morgan fingerprint density at radius 1 is 1.33 bits per heavy atom. The minimum atomic E-state index is 0.215. The fourth-order valence-corrected chi connectivity index (χ4v) is 3.13. The molecule has 0 aliphatic carbocycles. The van der Waals surface area contributed by atoms with Gasteiger partial charge in [-0.3, -0.25) is 0 Å². The predicted molar refractivity (Wildman–Crippen MR) is 95.2 cm³/mol. The number of nitrogens with one attached hydrogen (secondary N) is 1. The van der Waals surface area contributed by atoms with Crippen LogP contribution >= 0.6 is 22.6 Å². The highest BCUT2D eigenvalue weighted by atomic mass is 127. The molecule has 21 heavy (non-hydrogen) atoms. The maximum Gasteiger partial charge on any atom is 0.119 e. The molecule has 0 amide bonds. The van der Waals surface area contributed by atoms with Gasteiger partial charge in [0.25, 0.3) is 0 Å². The lowest BCUT2D eigenvalue weighted by Gasteiger charge is -2.31. The van der Waals surface area contributed by atoms with E-state index in [1.165, 1.54) is 15.0 Å². The smallest absolute Gasteiger partial charge is 0.119 e. The van der Waals surface area contributed by atoms with E-state index in [9.17, 15) is 0 Å². The second kappa shape index (κ2) is 8.00. The molecule has 2 rings (SSSR count).